The van der Waals surface area contributed by atoms with Gasteiger partial charge >= 0.3 is 0 Å². The predicted octanol–water partition coefficient (Wildman–Crippen LogP) is 2.16. The number of hydrogen-bond acceptors (Lipinski definition) is 5. The van der Waals surface area contributed by atoms with E-state index in [-0.39, 0.29) is 0 Å². The van der Waals surface area contributed by atoms with Crippen LogP contribution in [0.4, 0.5) is 0 Å². The topological polar surface area (TPSA) is 86.0 Å². The van der Waals surface area contributed by atoms with Crippen LogP contribution in [0, 0.1) is 0 Å². The first-order valence-corrected chi connectivity index (χ1v) is 7.12. The molecule has 0 spiro atoms. The van der Waals surface area contributed by atoms with Gasteiger partial charge in [0.05, 0.1) is 14.2 Å². The quantitative estimate of drug-likeness (QED) is 0.728. The third-order valence-electron chi connectivity index (χ3n) is 3.30. The van der Waals surface area contributed by atoms with Gasteiger partial charge in [-0.15, -0.1) is 0 Å². The fourth-order valence-corrected chi connectivity index (χ4v) is 2.20. The molecule has 6 nitrogen and oxygen atoms in total. The predicted molar refractivity (Wildman–Crippen MR) is 81.5 cm³/mol. The Morgan fingerprint density at radius 1 is 1.10 bits per heavy atom. The number of nitrogens with one attached hydrogen (secondary N) is 1. The lowest BCUT2D eigenvalue weighted by atomic mass is 10.1. The lowest BCUT2D eigenvalue weighted by Gasteiger charge is -2.09. The number of nitrogens with zero attached hydrogens (tertiary/aromatic N) is 2. The van der Waals surface area contributed by atoms with Crippen molar-refractivity contribution in [2.24, 2.45) is 5.73 Å². The molecule has 0 bridgehead atoms. The van der Waals surface area contributed by atoms with Gasteiger partial charge in [0.1, 0.15) is 22.9 Å². The largest absolute Gasteiger partial charge is 0.496 e. The molecular formula is C15H22N4O2. The van der Waals surface area contributed by atoms with Crippen molar-refractivity contribution in [3.63, 3.8) is 0 Å². The van der Waals surface area contributed by atoms with Gasteiger partial charge in [-0.25, -0.2) is 4.98 Å². The first-order chi connectivity index (χ1) is 10.3. The number of ether oxygens (including phenoxy) is 2. The summed E-state index contributed by atoms with van der Waals surface area (Å²) in [4.78, 5) is 4.54. The Morgan fingerprint density at radius 2 is 1.81 bits per heavy atom. The molecule has 0 amide bonds. The summed E-state index contributed by atoms with van der Waals surface area (Å²) in [6, 6.07) is 5.62. The van der Waals surface area contributed by atoms with Crippen LogP contribution in [-0.2, 0) is 6.42 Å². The van der Waals surface area contributed by atoms with Gasteiger partial charge in [-0.2, -0.15) is 5.10 Å². The Balaban J connectivity index is 2.17. The molecule has 1 aromatic carbocycles. The number of methoxy groups -OCH3 is 2. The van der Waals surface area contributed by atoms with Gasteiger partial charge in [-0.05, 0) is 31.5 Å². The molecule has 114 valence electrons. The highest BCUT2D eigenvalue weighted by Gasteiger charge is 2.16. The highest BCUT2D eigenvalue weighted by molar-refractivity contribution is 5.71. The van der Waals surface area contributed by atoms with Crippen molar-refractivity contribution in [3.8, 4) is 22.9 Å². The number of aryl methyl sites for hydroxylation is 1. The molecule has 0 fully saturated rings. The molecule has 6 heteroatoms. The van der Waals surface area contributed by atoms with Crippen molar-refractivity contribution < 1.29 is 9.47 Å². The molecule has 0 aliphatic carbocycles. The number of nitrogens with two attached hydrogens (primary N) is 1. The summed E-state index contributed by atoms with van der Waals surface area (Å²) in [6.45, 7) is 0.736. The van der Waals surface area contributed by atoms with Crippen LogP contribution in [0.25, 0.3) is 11.4 Å². The summed E-state index contributed by atoms with van der Waals surface area (Å²) in [6.07, 6.45) is 4.06. The minimum atomic E-state index is 0.595. The SMILES string of the molecule is COc1cccc(OC)c1-c1n[nH]c(CCCCCN)n1. The van der Waals surface area contributed by atoms with E-state index >= 15 is 0 Å². The van der Waals surface area contributed by atoms with Crippen molar-refractivity contribution in [1.29, 1.82) is 0 Å². The van der Waals surface area contributed by atoms with E-state index in [0.29, 0.717) is 17.3 Å². The third-order valence-corrected chi connectivity index (χ3v) is 3.30. The summed E-state index contributed by atoms with van der Waals surface area (Å²) >= 11 is 0. The highest BCUT2D eigenvalue weighted by Crippen LogP contribution is 2.36. The second-order valence-corrected chi connectivity index (χ2v) is 4.74. The van der Waals surface area contributed by atoms with Crippen LogP contribution < -0.4 is 15.2 Å². The smallest absolute Gasteiger partial charge is 0.188 e. The molecule has 0 aliphatic rings. The van der Waals surface area contributed by atoms with Gasteiger partial charge in [-0.3, -0.25) is 5.10 Å². The summed E-state index contributed by atoms with van der Waals surface area (Å²) in [7, 11) is 3.25. The van der Waals surface area contributed by atoms with Crippen molar-refractivity contribution in [1.82, 2.24) is 15.2 Å². The molecule has 0 aliphatic heterocycles. The van der Waals surface area contributed by atoms with Crippen LogP contribution in [0.5, 0.6) is 11.5 Å². The van der Waals surface area contributed by atoms with Gasteiger partial charge < -0.3 is 15.2 Å². The number of aromatic amines is 1. The Bertz CT molecular complexity index is 546. The minimum absolute atomic E-state index is 0.595. The van der Waals surface area contributed by atoms with Crippen molar-refractivity contribution in [2.45, 2.75) is 25.7 Å². The molecule has 0 saturated carbocycles. The maximum Gasteiger partial charge on any atom is 0.188 e. The van der Waals surface area contributed by atoms with E-state index in [0.717, 1.165) is 43.6 Å². The van der Waals surface area contributed by atoms with E-state index in [9.17, 15) is 0 Å². The van der Waals surface area contributed by atoms with E-state index in [2.05, 4.69) is 15.2 Å². The third kappa shape index (κ3) is 3.72. The zero-order valence-corrected chi connectivity index (χ0v) is 12.6. The molecule has 2 aromatic rings. The van der Waals surface area contributed by atoms with Crippen molar-refractivity contribution in [3.05, 3.63) is 24.0 Å². The van der Waals surface area contributed by atoms with Gasteiger partial charge in [-0.1, -0.05) is 12.5 Å². The summed E-state index contributed by atoms with van der Waals surface area (Å²) in [5, 5.41) is 7.26. The van der Waals surface area contributed by atoms with Crippen LogP contribution in [0.3, 0.4) is 0 Å². The molecule has 1 aromatic heterocycles. The van der Waals surface area contributed by atoms with Crippen LogP contribution >= 0.6 is 0 Å². The van der Waals surface area contributed by atoms with Gasteiger partial charge in [0.25, 0.3) is 0 Å². The minimum Gasteiger partial charge on any atom is -0.496 e. The number of H-pyrrole nitrogens is 1. The number of unbranched alkanes of at least 4 members (excludes halogenated alkanes) is 2. The maximum atomic E-state index is 5.49. The van der Waals surface area contributed by atoms with Crippen LogP contribution in [0.1, 0.15) is 25.1 Å². The number of aromatic nitrogens is 3. The zero-order valence-electron chi connectivity index (χ0n) is 12.6. The number of hydrogen-bond donors (Lipinski definition) is 2. The second-order valence-electron chi connectivity index (χ2n) is 4.74. The Kier molecular flexibility index (Phi) is 5.57. The van der Waals surface area contributed by atoms with E-state index in [1.807, 2.05) is 18.2 Å². The van der Waals surface area contributed by atoms with Crippen molar-refractivity contribution in [2.75, 3.05) is 20.8 Å². The molecule has 2 rings (SSSR count). The summed E-state index contributed by atoms with van der Waals surface area (Å²) < 4.78 is 10.8. The molecule has 0 saturated heterocycles. The number of benzene rings is 1. The van der Waals surface area contributed by atoms with Crippen LogP contribution in [0.2, 0.25) is 0 Å². The molecule has 0 radical (unpaired) electrons. The lowest BCUT2D eigenvalue weighted by molar-refractivity contribution is 0.397. The van der Waals surface area contributed by atoms with E-state index in [1.54, 1.807) is 14.2 Å². The molecular weight excluding hydrogens is 268 g/mol. The maximum absolute atomic E-state index is 5.49. The molecule has 21 heavy (non-hydrogen) atoms. The van der Waals surface area contributed by atoms with Crippen molar-refractivity contribution >= 4 is 0 Å². The van der Waals surface area contributed by atoms with E-state index in [1.165, 1.54) is 0 Å². The average molecular weight is 290 g/mol. The van der Waals surface area contributed by atoms with Crippen LogP contribution in [-0.4, -0.2) is 35.9 Å². The Morgan fingerprint density at radius 3 is 2.43 bits per heavy atom. The second kappa shape index (κ2) is 7.64. The monoisotopic (exact) mass is 290 g/mol. The van der Waals surface area contributed by atoms with Gasteiger partial charge in [0.2, 0.25) is 0 Å². The highest BCUT2D eigenvalue weighted by atomic mass is 16.5. The average Bonchev–Trinajstić information content (AvgIpc) is 2.99. The lowest BCUT2D eigenvalue weighted by Crippen LogP contribution is -1.98. The zero-order chi connectivity index (χ0) is 15.1. The van der Waals surface area contributed by atoms with Crippen LogP contribution in [0.15, 0.2) is 18.2 Å². The van der Waals surface area contributed by atoms with Gasteiger partial charge in [0, 0.05) is 6.42 Å². The fourth-order valence-electron chi connectivity index (χ4n) is 2.20. The molecule has 0 atom stereocenters. The Hall–Kier alpha value is -2.08. The first kappa shape index (κ1) is 15.3. The molecule has 3 N–H and O–H groups in total. The van der Waals surface area contributed by atoms with E-state index < -0.39 is 0 Å². The first-order valence-electron chi connectivity index (χ1n) is 7.12. The molecule has 1 heterocycles. The summed E-state index contributed by atoms with van der Waals surface area (Å²) in [5.41, 5.74) is 6.26. The number of rotatable bonds is 8. The Labute approximate surface area is 124 Å². The van der Waals surface area contributed by atoms with Gasteiger partial charge in [0.15, 0.2) is 5.82 Å². The normalized spacial score (nSPS) is 10.6. The summed E-state index contributed by atoms with van der Waals surface area (Å²) in [5.74, 6) is 2.86. The van der Waals surface area contributed by atoms with E-state index in [4.69, 9.17) is 15.2 Å². The standard InChI is InChI=1S/C15H22N4O2/c1-20-11-7-6-8-12(21-2)14(11)15-17-13(18-19-15)9-4-3-5-10-16/h6-8H,3-5,9-10,16H2,1-2H3,(H,17,18,19). The fraction of sp³-hybridized carbons (Fsp3) is 0.467. The molecule has 0 unspecified atom stereocenters.